The van der Waals surface area contributed by atoms with Gasteiger partial charge in [-0.1, -0.05) is 12.8 Å². The first-order chi connectivity index (χ1) is 8.27. The van der Waals surface area contributed by atoms with E-state index >= 15 is 0 Å². The van der Waals surface area contributed by atoms with Crippen molar-refractivity contribution >= 4 is 18.3 Å². The van der Waals surface area contributed by atoms with Crippen molar-refractivity contribution in [2.24, 2.45) is 17.1 Å². The molecule has 3 N–H and O–H groups in total. The van der Waals surface area contributed by atoms with Crippen molar-refractivity contribution in [3.63, 3.8) is 0 Å². The molecule has 18 heavy (non-hydrogen) atoms. The molecular formula is C13H25ClN2O2. The van der Waals surface area contributed by atoms with E-state index in [0.717, 1.165) is 38.2 Å². The Kier molecular flexibility index (Phi) is 6.39. The highest BCUT2D eigenvalue weighted by Crippen LogP contribution is 2.37. The van der Waals surface area contributed by atoms with Crippen molar-refractivity contribution < 1.29 is 9.53 Å². The second-order valence-corrected chi connectivity index (χ2v) is 5.47. The molecule has 2 saturated carbocycles. The van der Waals surface area contributed by atoms with Gasteiger partial charge in [-0.05, 0) is 31.6 Å². The van der Waals surface area contributed by atoms with Gasteiger partial charge in [-0.25, -0.2) is 0 Å². The van der Waals surface area contributed by atoms with Crippen LogP contribution < -0.4 is 11.1 Å². The maximum absolute atomic E-state index is 12.1. The summed E-state index contributed by atoms with van der Waals surface area (Å²) in [6.07, 6.45) is 6.76. The fourth-order valence-electron chi connectivity index (χ4n) is 2.53. The van der Waals surface area contributed by atoms with Crippen LogP contribution in [0.15, 0.2) is 0 Å². The van der Waals surface area contributed by atoms with Crippen LogP contribution in [0.4, 0.5) is 0 Å². The number of carbonyl (C=O) groups is 1. The number of hydrogen-bond donors (Lipinski definition) is 2. The zero-order valence-corrected chi connectivity index (χ0v) is 11.8. The highest BCUT2D eigenvalue weighted by Gasteiger charge is 2.39. The Morgan fingerprint density at radius 2 is 2.00 bits per heavy atom. The zero-order valence-electron chi connectivity index (χ0n) is 11.0. The van der Waals surface area contributed by atoms with Gasteiger partial charge in [-0.2, -0.15) is 0 Å². The predicted octanol–water partition coefficient (Wildman–Crippen LogP) is 1.47. The Bertz CT molecular complexity index is 264. The number of amides is 1. The van der Waals surface area contributed by atoms with Crippen LogP contribution in [-0.2, 0) is 9.53 Å². The summed E-state index contributed by atoms with van der Waals surface area (Å²) in [6, 6.07) is 0. The topological polar surface area (TPSA) is 64.4 Å². The number of nitrogens with two attached hydrogens (primary N) is 1. The Labute approximate surface area is 115 Å². The third-order valence-electron chi connectivity index (χ3n) is 4.02. The molecule has 2 rings (SSSR count). The molecule has 0 aromatic rings. The molecule has 0 bridgehead atoms. The first kappa shape index (κ1) is 15.7. The average Bonchev–Trinajstić information content (AvgIpc) is 3.04. The van der Waals surface area contributed by atoms with Gasteiger partial charge in [0.1, 0.15) is 0 Å². The molecule has 2 aliphatic carbocycles. The summed E-state index contributed by atoms with van der Waals surface area (Å²) >= 11 is 0. The van der Waals surface area contributed by atoms with Crippen molar-refractivity contribution in [2.75, 3.05) is 26.3 Å². The van der Waals surface area contributed by atoms with Gasteiger partial charge in [0.15, 0.2) is 0 Å². The van der Waals surface area contributed by atoms with Gasteiger partial charge in [-0.3, -0.25) is 4.79 Å². The molecule has 0 aromatic carbocycles. The van der Waals surface area contributed by atoms with Gasteiger partial charge in [0.25, 0.3) is 0 Å². The van der Waals surface area contributed by atoms with Gasteiger partial charge >= 0.3 is 0 Å². The largest absolute Gasteiger partial charge is 0.379 e. The maximum Gasteiger partial charge on any atom is 0.227 e. The minimum atomic E-state index is -0.281. The van der Waals surface area contributed by atoms with Gasteiger partial charge < -0.3 is 15.8 Å². The third kappa shape index (κ3) is 4.11. The molecular weight excluding hydrogens is 252 g/mol. The molecule has 0 heterocycles. The second-order valence-electron chi connectivity index (χ2n) is 5.47. The predicted molar refractivity (Wildman–Crippen MR) is 73.8 cm³/mol. The molecule has 106 valence electrons. The standard InChI is InChI=1S/C13H24N2O2.ClH/c14-10-13(5-1-2-6-13)12(16)15-7-8-17-9-11-3-4-11;/h11H,1-10,14H2,(H,15,16);1H. The molecule has 2 aliphatic rings. The van der Waals surface area contributed by atoms with Crippen LogP contribution in [0.1, 0.15) is 38.5 Å². The number of rotatable bonds is 7. The minimum absolute atomic E-state index is 0. The lowest BCUT2D eigenvalue weighted by molar-refractivity contribution is -0.130. The fraction of sp³-hybridized carbons (Fsp3) is 0.923. The van der Waals surface area contributed by atoms with Crippen molar-refractivity contribution in [1.29, 1.82) is 0 Å². The van der Waals surface area contributed by atoms with E-state index in [-0.39, 0.29) is 23.7 Å². The van der Waals surface area contributed by atoms with Crippen LogP contribution in [0.2, 0.25) is 0 Å². The van der Waals surface area contributed by atoms with E-state index in [4.69, 9.17) is 10.5 Å². The van der Waals surface area contributed by atoms with E-state index in [1.807, 2.05) is 0 Å². The molecule has 0 radical (unpaired) electrons. The van der Waals surface area contributed by atoms with Crippen LogP contribution in [0, 0.1) is 11.3 Å². The molecule has 0 saturated heterocycles. The molecule has 0 aromatic heterocycles. The molecule has 0 unspecified atom stereocenters. The lowest BCUT2D eigenvalue weighted by Crippen LogP contribution is -2.45. The van der Waals surface area contributed by atoms with E-state index < -0.39 is 0 Å². The fourth-order valence-corrected chi connectivity index (χ4v) is 2.53. The summed E-state index contributed by atoms with van der Waals surface area (Å²) in [5.41, 5.74) is 5.47. The number of ether oxygens (including phenoxy) is 1. The highest BCUT2D eigenvalue weighted by atomic mass is 35.5. The van der Waals surface area contributed by atoms with E-state index in [1.165, 1.54) is 12.8 Å². The van der Waals surface area contributed by atoms with E-state index in [0.29, 0.717) is 19.7 Å². The van der Waals surface area contributed by atoms with Crippen LogP contribution in [0.5, 0.6) is 0 Å². The number of carbonyl (C=O) groups excluding carboxylic acids is 1. The van der Waals surface area contributed by atoms with E-state index in [2.05, 4.69) is 5.32 Å². The second kappa shape index (κ2) is 7.31. The summed E-state index contributed by atoms with van der Waals surface area (Å²) in [7, 11) is 0. The Hall–Kier alpha value is -0.320. The van der Waals surface area contributed by atoms with Crippen LogP contribution in [0.25, 0.3) is 0 Å². The average molecular weight is 277 g/mol. The highest BCUT2D eigenvalue weighted by molar-refractivity contribution is 5.85. The number of nitrogens with one attached hydrogen (secondary N) is 1. The van der Waals surface area contributed by atoms with Crippen molar-refractivity contribution in [3.05, 3.63) is 0 Å². The normalized spacial score (nSPS) is 21.4. The Morgan fingerprint density at radius 3 is 2.56 bits per heavy atom. The summed E-state index contributed by atoms with van der Waals surface area (Å²) < 4.78 is 5.49. The van der Waals surface area contributed by atoms with Crippen molar-refractivity contribution in [3.8, 4) is 0 Å². The van der Waals surface area contributed by atoms with Crippen LogP contribution >= 0.6 is 12.4 Å². The van der Waals surface area contributed by atoms with Gasteiger partial charge in [0.05, 0.1) is 12.0 Å². The van der Waals surface area contributed by atoms with Gasteiger partial charge in [-0.15, -0.1) is 12.4 Å². The first-order valence-corrected chi connectivity index (χ1v) is 6.83. The zero-order chi connectivity index (χ0) is 12.1. The Balaban J connectivity index is 0.00000162. The quantitative estimate of drug-likeness (QED) is 0.692. The molecule has 1 amide bonds. The van der Waals surface area contributed by atoms with Gasteiger partial charge in [0.2, 0.25) is 5.91 Å². The van der Waals surface area contributed by atoms with Crippen molar-refractivity contribution in [1.82, 2.24) is 5.32 Å². The summed E-state index contributed by atoms with van der Waals surface area (Å²) in [4.78, 5) is 12.1. The molecule has 5 heteroatoms. The first-order valence-electron chi connectivity index (χ1n) is 6.83. The molecule has 0 atom stereocenters. The van der Waals surface area contributed by atoms with Gasteiger partial charge in [0, 0.05) is 19.7 Å². The van der Waals surface area contributed by atoms with Crippen LogP contribution in [-0.4, -0.2) is 32.2 Å². The van der Waals surface area contributed by atoms with E-state index in [9.17, 15) is 4.79 Å². The minimum Gasteiger partial charge on any atom is -0.379 e. The molecule has 2 fully saturated rings. The Morgan fingerprint density at radius 1 is 1.33 bits per heavy atom. The lowest BCUT2D eigenvalue weighted by atomic mass is 9.85. The SMILES string of the molecule is Cl.NCC1(C(=O)NCCOCC2CC2)CCCC1. The molecule has 0 aliphatic heterocycles. The number of halogens is 1. The van der Waals surface area contributed by atoms with Crippen LogP contribution in [0.3, 0.4) is 0 Å². The van der Waals surface area contributed by atoms with Crippen molar-refractivity contribution in [2.45, 2.75) is 38.5 Å². The molecule has 4 nitrogen and oxygen atoms in total. The smallest absolute Gasteiger partial charge is 0.227 e. The summed E-state index contributed by atoms with van der Waals surface area (Å²) in [5, 5.41) is 2.97. The summed E-state index contributed by atoms with van der Waals surface area (Å²) in [5.74, 6) is 0.920. The maximum atomic E-state index is 12.1. The monoisotopic (exact) mass is 276 g/mol. The third-order valence-corrected chi connectivity index (χ3v) is 4.02. The molecule has 0 spiro atoms. The van der Waals surface area contributed by atoms with E-state index in [1.54, 1.807) is 0 Å². The number of hydrogen-bond acceptors (Lipinski definition) is 3. The summed E-state index contributed by atoms with van der Waals surface area (Å²) in [6.45, 7) is 2.58. The lowest BCUT2D eigenvalue weighted by Gasteiger charge is -2.25.